The van der Waals surface area contributed by atoms with E-state index >= 15 is 0 Å². The second-order valence-corrected chi connectivity index (χ2v) is 6.96. The molecule has 3 rings (SSSR count). The highest BCUT2D eigenvalue weighted by Gasteiger charge is 2.31. The molecule has 132 valence electrons. The molecule has 1 atom stereocenters. The van der Waals surface area contributed by atoms with Gasteiger partial charge in [-0.1, -0.05) is 66.7 Å². The highest BCUT2D eigenvalue weighted by Crippen LogP contribution is 2.35. The number of hydrogen-bond acceptors (Lipinski definition) is 4. The maximum Gasteiger partial charge on any atom is 0.120 e. The summed E-state index contributed by atoms with van der Waals surface area (Å²) in [5, 5.41) is 22.5. The van der Waals surface area contributed by atoms with Gasteiger partial charge in [0.1, 0.15) is 5.60 Å². The normalized spacial score (nSPS) is 13.2. The molecule has 4 heteroatoms. The van der Waals surface area contributed by atoms with Crippen molar-refractivity contribution in [1.82, 2.24) is 0 Å². The fourth-order valence-electron chi connectivity index (χ4n) is 3.02. The van der Waals surface area contributed by atoms with E-state index in [4.69, 9.17) is 0 Å². The molecule has 0 heterocycles. The van der Waals surface area contributed by atoms with Gasteiger partial charge in [-0.3, -0.25) is 0 Å². The van der Waals surface area contributed by atoms with E-state index in [1.165, 1.54) is 0 Å². The molecule has 1 N–H and O–H groups in total. The van der Waals surface area contributed by atoms with Crippen LogP contribution in [-0.2, 0) is 10.4 Å². The van der Waals surface area contributed by atoms with Gasteiger partial charge < -0.3 is 15.0 Å². The molecule has 0 saturated heterocycles. The van der Waals surface area contributed by atoms with Crippen LogP contribution in [0.15, 0.2) is 83.8 Å². The minimum atomic E-state index is -1.63. The van der Waals surface area contributed by atoms with Crippen LogP contribution >= 0.6 is 11.8 Å². The summed E-state index contributed by atoms with van der Waals surface area (Å²) < 4.78 is 0. The predicted octanol–water partition coefficient (Wildman–Crippen LogP) is 3.45. The zero-order valence-electron chi connectivity index (χ0n) is 14.4. The summed E-state index contributed by atoms with van der Waals surface area (Å²) in [4.78, 5) is 12.3. The summed E-state index contributed by atoms with van der Waals surface area (Å²) in [5.41, 5.74) is 1.49. The number of rotatable bonds is 6. The fourth-order valence-corrected chi connectivity index (χ4v) is 3.42. The van der Waals surface area contributed by atoms with Gasteiger partial charge in [-0.25, -0.2) is 0 Å². The van der Waals surface area contributed by atoms with E-state index in [0.717, 1.165) is 16.0 Å². The highest BCUT2D eigenvalue weighted by atomic mass is 32.2. The maximum atomic E-state index is 11.3. The van der Waals surface area contributed by atoms with Crippen molar-refractivity contribution in [1.29, 1.82) is 0 Å². The molecule has 0 amide bonds. The van der Waals surface area contributed by atoms with Crippen LogP contribution in [0.3, 0.4) is 0 Å². The number of aliphatic carboxylic acids is 1. The third kappa shape index (κ3) is 3.82. The molecular formula is C22H19O3S-. The number of thioether (sulfide) groups is 1. The van der Waals surface area contributed by atoms with Crippen LogP contribution in [-0.4, -0.2) is 17.3 Å². The SMILES string of the molecule is CSc1ccc([C@@](O)(CC(=O)[O-])c2ccc(-c3ccccc3)cc2)cc1. The van der Waals surface area contributed by atoms with Crippen molar-refractivity contribution in [2.24, 2.45) is 0 Å². The lowest BCUT2D eigenvalue weighted by Crippen LogP contribution is -2.36. The minimum absolute atomic E-state index is 0.504. The number of carbonyl (C=O) groups is 1. The summed E-state index contributed by atoms with van der Waals surface area (Å²) >= 11 is 1.59. The number of carboxylic acids is 1. The van der Waals surface area contributed by atoms with E-state index < -0.39 is 18.0 Å². The van der Waals surface area contributed by atoms with Gasteiger partial charge in [0.2, 0.25) is 0 Å². The second-order valence-electron chi connectivity index (χ2n) is 6.08. The predicted molar refractivity (Wildman–Crippen MR) is 103 cm³/mol. The Balaban J connectivity index is 2.00. The van der Waals surface area contributed by atoms with E-state index in [9.17, 15) is 15.0 Å². The van der Waals surface area contributed by atoms with E-state index in [2.05, 4.69) is 0 Å². The summed E-state index contributed by atoms with van der Waals surface area (Å²) in [7, 11) is 0. The van der Waals surface area contributed by atoms with Crippen molar-refractivity contribution in [2.45, 2.75) is 16.9 Å². The van der Waals surface area contributed by atoms with Crippen LogP contribution in [0.5, 0.6) is 0 Å². The molecule has 0 aliphatic heterocycles. The number of hydrogen-bond donors (Lipinski definition) is 1. The monoisotopic (exact) mass is 363 g/mol. The summed E-state index contributed by atoms with van der Waals surface area (Å²) in [5.74, 6) is -1.30. The Morgan fingerprint density at radius 2 is 1.38 bits per heavy atom. The highest BCUT2D eigenvalue weighted by molar-refractivity contribution is 7.98. The van der Waals surface area contributed by atoms with Crippen LogP contribution < -0.4 is 5.11 Å². The van der Waals surface area contributed by atoms with Gasteiger partial charge in [-0.05, 0) is 40.6 Å². The quantitative estimate of drug-likeness (QED) is 0.682. The molecule has 0 bridgehead atoms. The van der Waals surface area contributed by atoms with Crippen LogP contribution in [0.4, 0.5) is 0 Å². The Labute approximate surface area is 157 Å². The Bertz CT molecular complexity index is 874. The van der Waals surface area contributed by atoms with Crippen molar-refractivity contribution >= 4 is 17.7 Å². The Hall–Kier alpha value is -2.56. The van der Waals surface area contributed by atoms with Crippen LogP contribution in [0.25, 0.3) is 11.1 Å². The summed E-state index contributed by atoms with van der Waals surface area (Å²) in [6, 6.07) is 24.5. The first-order valence-corrected chi connectivity index (χ1v) is 9.48. The number of benzene rings is 3. The second kappa shape index (κ2) is 7.77. The van der Waals surface area contributed by atoms with Gasteiger partial charge >= 0.3 is 0 Å². The van der Waals surface area contributed by atoms with Gasteiger partial charge in [-0.15, -0.1) is 11.8 Å². The third-order valence-corrected chi connectivity index (χ3v) is 5.18. The standard InChI is InChI=1S/C22H20O3S/c1-26-20-13-11-19(12-14-20)22(25,15-21(23)24)18-9-7-17(8-10-18)16-5-3-2-4-6-16/h2-14,25H,15H2,1H3,(H,23,24)/p-1/t22-/m1/s1. The average Bonchev–Trinajstić information content (AvgIpc) is 2.68. The first kappa shape index (κ1) is 18.2. The van der Waals surface area contributed by atoms with E-state index in [-0.39, 0.29) is 0 Å². The molecule has 3 aromatic rings. The molecule has 0 aliphatic carbocycles. The van der Waals surface area contributed by atoms with E-state index in [1.807, 2.05) is 60.9 Å². The van der Waals surface area contributed by atoms with Crippen molar-refractivity contribution in [3.63, 3.8) is 0 Å². The Kier molecular flexibility index (Phi) is 5.45. The molecule has 3 nitrogen and oxygen atoms in total. The number of carboxylic acid groups (broad SMARTS) is 1. The molecule has 26 heavy (non-hydrogen) atoms. The molecule has 0 radical (unpaired) electrons. The number of carbonyl (C=O) groups excluding carboxylic acids is 1. The largest absolute Gasteiger partial charge is 0.550 e. The average molecular weight is 363 g/mol. The molecule has 0 aromatic heterocycles. The van der Waals surface area contributed by atoms with E-state index in [0.29, 0.717) is 11.1 Å². The first-order valence-electron chi connectivity index (χ1n) is 8.25. The van der Waals surface area contributed by atoms with Gasteiger partial charge in [0.25, 0.3) is 0 Å². The summed E-state index contributed by atoms with van der Waals surface area (Å²) in [6.07, 6.45) is 1.46. The van der Waals surface area contributed by atoms with Gasteiger partial charge in [0.05, 0.1) is 0 Å². The van der Waals surface area contributed by atoms with Crippen molar-refractivity contribution < 1.29 is 15.0 Å². The Morgan fingerprint density at radius 1 is 0.885 bits per heavy atom. The smallest absolute Gasteiger partial charge is 0.120 e. The summed E-state index contributed by atoms with van der Waals surface area (Å²) in [6.45, 7) is 0. The molecular weight excluding hydrogens is 344 g/mol. The maximum absolute atomic E-state index is 11.3. The zero-order chi connectivity index (χ0) is 18.6. The van der Waals surface area contributed by atoms with Crippen molar-refractivity contribution in [2.75, 3.05) is 6.26 Å². The molecule has 0 fully saturated rings. The lowest BCUT2D eigenvalue weighted by molar-refractivity contribution is -0.309. The van der Waals surface area contributed by atoms with Gasteiger partial charge in [0, 0.05) is 17.3 Å². The lowest BCUT2D eigenvalue weighted by Gasteiger charge is -2.30. The molecule has 0 spiro atoms. The number of aliphatic hydroxyl groups is 1. The van der Waals surface area contributed by atoms with Crippen LogP contribution in [0.2, 0.25) is 0 Å². The van der Waals surface area contributed by atoms with Crippen LogP contribution in [0.1, 0.15) is 17.5 Å². The topological polar surface area (TPSA) is 60.4 Å². The zero-order valence-corrected chi connectivity index (χ0v) is 15.2. The fraction of sp³-hybridized carbons (Fsp3) is 0.136. The van der Waals surface area contributed by atoms with Crippen molar-refractivity contribution in [3.05, 3.63) is 90.0 Å². The van der Waals surface area contributed by atoms with Gasteiger partial charge in [0.15, 0.2) is 0 Å². The molecule has 0 unspecified atom stereocenters. The lowest BCUT2D eigenvalue weighted by atomic mass is 9.83. The first-order chi connectivity index (χ1) is 12.5. The van der Waals surface area contributed by atoms with E-state index in [1.54, 1.807) is 36.0 Å². The Morgan fingerprint density at radius 3 is 1.88 bits per heavy atom. The molecule has 0 saturated carbocycles. The molecule has 3 aromatic carbocycles. The minimum Gasteiger partial charge on any atom is -0.550 e. The van der Waals surface area contributed by atoms with Crippen LogP contribution in [0, 0.1) is 0 Å². The third-order valence-electron chi connectivity index (χ3n) is 4.44. The van der Waals surface area contributed by atoms with Gasteiger partial charge in [-0.2, -0.15) is 0 Å². The molecule has 0 aliphatic rings. The van der Waals surface area contributed by atoms with Crippen molar-refractivity contribution in [3.8, 4) is 11.1 Å².